The van der Waals surface area contributed by atoms with Crippen LogP contribution in [0, 0.1) is 0 Å². The van der Waals surface area contributed by atoms with Crippen LogP contribution in [0.3, 0.4) is 0 Å². The van der Waals surface area contributed by atoms with E-state index in [4.69, 9.17) is 10.2 Å². The molecule has 0 aliphatic heterocycles. The van der Waals surface area contributed by atoms with Gasteiger partial charge in [0.1, 0.15) is 0 Å². The zero-order chi connectivity index (χ0) is 9.28. The second-order valence-corrected chi connectivity index (χ2v) is 3.33. The van der Waals surface area contributed by atoms with E-state index < -0.39 is 11.3 Å². The molecule has 0 bridgehead atoms. The molecule has 0 aromatic heterocycles. The Morgan fingerprint density at radius 3 is 1.73 bits per heavy atom. The quantitative estimate of drug-likeness (QED) is 0.483. The number of aliphatic hydroxyl groups is 2. The number of carbonyl (C=O) groups is 1. The first-order valence-corrected chi connectivity index (χ1v) is 3.40. The van der Waals surface area contributed by atoms with Crippen molar-refractivity contribution < 1.29 is 15.0 Å². The van der Waals surface area contributed by atoms with Crippen molar-refractivity contribution in [3.05, 3.63) is 0 Å². The molecular weight excluding hydrogens is 146 g/mol. The third-order valence-electron chi connectivity index (χ3n) is 1.67. The van der Waals surface area contributed by atoms with Crippen molar-refractivity contribution in [2.24, 2.45) is 0 Å². The smallest absolute Gasteiger partial charge is 0.217 e. The Balaban J connectivity index is 4.34. The molecule has 0 spiro atoms. The molecule has 0 saturated heterocycles. The maximum absolute atomic E-state index is 10.6. The number of rotatable bonds is 2. The molecule has 0 fully saturated rings. The first-order valence-electron chi connectivity index (χ1n) is 3.40. The van der Waals surface area contributed by atoms with E-state index in [9.17, 15) is 4.79 Å². The molecule has 0 saturated carbocycles. The van der Waals surface area contributed by atoms with Gasteiger partial charge in [0, 0.05) is 6.92 Å². The minimum atomic E-state index is -1.90. The highest BCUT2D eigenvalue weighted by atomic mass is 16.5. The molecule has 66 valence electrons. The molecule has 4 nitrogen and oxygen atoms in total. The molecule has 4 heteroatoms. The van der Waals surface area contributed by atoms with E-state index in [-0.39, 0.29) is 5.91 Å². The molecule has 11 heavy (non-hydrogen) atoms. The molecule has 0 radical (unpaired) electrons. The maximum atomic E-state index is 10.6. The van der Waals surface area contributed by atoms with Crippen molar-refractivity contribution in [3.8, 4) is 0 Å². The van der Waals surface area contributed by atoms with Gasteiger partial charge in [0.25, 0.3) is 0 Å². The Hall–Kier alpha value is -0.610. The van der Waals surface area contributed by atoms with E-state index in [1.165, 1.54) is 27.7 Å². The number of hydrogen-bond donors (Lipinski definition) is 3. The van der Waals surface area contributed by atoms with Gasteiger partial charge in [0.15, 0.2) is 5.79 Å². The molecule has 0 unspecified atom stereocenters. The number of amides is 1. The SMILES string of the molecule is CC(=O)NC(C)(C)C(C)(O)O. The van der Waals surface area contributed by atoms with E-state index >= 15 is 0 Å². The molecule has 0 aromatic rings. The second-order valence-electron chi connectivity index (χ2n) is 3.33. The second kappa shape index (κ2) is 2.79. The Kier molecular flexibility index (Phi) is 2.64. The van der Waals surface area contributed by atoms with Crippen LogP contribution in [-0.2, 0) is 4.79 Å². The van der Waals surface area contributed by atoms with Gasteiger partial charge < -0.3 is 15.5 Å². The Labute approximate surface area is 66.2 Å². The summed E-state index contributed by atoms with van der Waals surface area (Å²) < 4.78 is 0. The topological polar surface area (TPSA) is 69.6 Å². The van der Waals surface area contributed by atoms with Crippen LogP contribution in [0.5, 0.6) is 0 Å². The van der Waals surface area contributed by atoms with Gasteiger partial charge in [-0.05, 0) is 20.8 Å². The normalized spacial score (nSPS) is 12.9. The van der Waals surface area contributed by atoms with Gasteiger partial charge in [0.05, 0.1) is 5.54 Å². The average molecular weight is 161 g/mol. The summed E-state index contributed by atoms with van der Waals surface area (Å²) in [5.74, 6) is -2.19. The largest absolute Gasteiger partial charge is 0.364 e. The highest BCUT2D eigenvalue weighted by Crippen LogP contribution is 2.17. The third kappa shape index (κ3) is 2.86. The number of nitrogens with one attached hydrogen (secondary N) is 1. The van der Waals surface area contributed by atoms with Gasteiger partial charge >= 0.3 is 0 Å². The maximum Gasteiger partial charge on any atom is 0.217 e. The van der Waals surface area contributed by atoms with Crippen LogP contribution in [0.4, 0.5) is 0 Å². The lowest BCUT2D eigenvalue weighted by atomic mass is 9.95. The monoisotopic (exact) mass is 161 g/mol. The highest BCUT2D eigenvalue weighted by Gasteiger charge is 2.37. The highest BCUT2D eigenvalue weighted by molar-refractivity contribution is 5.73. The fourth-order valence-corrected chi connectivity index (χ4v) is 0.558. The minimum Gasteiger partial charge on any atom is -0.364 e. The fourth-order valence-electron chi connectivity index (χ4n) is 0.558. The van der Waals surface area contributed by atoms with Crippen LogP contribution >= 0.6 is 0 Å². The van der Waals surface area contributed by atoms with Crippen molar-refractivity contribution in [1.82, 2.24) is 5.32 Å². The Bertz CT molecular complexity index is 158. The predicted molar refractivity (Wildman–Crippen MR) is 40.7 cm³/mol. The van der Waals surface area contributed by atoms with Gasteiger partial charge in [0.2, 0.25) is 5.91 Å². The first kappa shape index (κ1) is 10.4. The van der Waals surface area contributed by atoms with Crippen LogP contribution in [0.1, 0.15) is 27.7 Å². The number of carbonyl (C=O) groups excluding carboxylic acids is 1. The molecule has 0 heterocycles. The molecule has 0 rings (SSSR count). The summed E-state index contributed by atoms with van der Waals surface area (Å²) in [5.41, 5.74) is -1.03. The molecule has 0 aliphatic carbocycles. The lowest BCUT2D eigenvalue weighted by molar-refractivity contribution is -0.196. The molecule has 3 N–H and O–H groups in total. The molecule has 0 atom stereocenters. The number of hydrogen-bond acceptors (Lipinski definition) is 3. The van der Waals surface area contributed by atoms with Crippen molar-refractivity contribution in [2.45, 2.75) is 39.0 Å². The summed E-state index contributed by atoms with van der Waals surface area (Å²) in [5, 5.41) is 20.7. The van der Waals surface area contributed by atoms with Gasteiger partial charge in [-0.2, -0.15) is 0 Å². The average Bonchev–Trinajstić information content (AvgIpc) is 1.56. The Morgan fingerprint density at radius 1 is 1.27 bits per heavy atom. The van der Waals surface area contributed by atoms with Crippen molar-refractivity contribution in [3.63, 3.8) is 0 Å². The molecular formula is C7H15NO3. The molecule has 0 aliphatic rings. The van der Waals surface area contributed by atoms with Crippen LogP contribution in [-0.4, -0.2) is 27.4 Å². The third-order valence-corrected chi connectivity index (χ3v) is 1.67. The summed E-state index contributed by atoms with van der Waals surface area (Å²) >= 11 is 0. The predicted octanol–water partition coefficient (Wildman–Crippen LogP) is -0.398. The van der Waals surface area contributed by atoms with E-state index in [1.54, 1.807) is 0 Å². The minimum absolute atomic E-state index is 0.288. The lowest BCUT2D eigenvalue weighted by Gasteiger charge is -2.35. The zero-order valence-corrected chi connectivity index (χ0v) is 7.30. The summed E-state index contributed by atoms with van der Waals surface area (Å²) in [6.07, 6.45) is 0. The Morgan fingerprint density at radius 2 is 1.64 bits per heavy atom. The van der Waals surface area contributed by atoms with E-state index in [1.807, 2.05) is 0 Å². The van der Waals surface area contributed by atoms with Crippen molar-refractivity contribution in [2.75, 3.05) is 0 Å². The fraction of sp³-hybridized carbons (Fsp3) is 0.857. The van der Waals surface area contributed by atoms with Crippen LogP contribution < -0.4 is 5.32 Å². The van der Waals surface area contributed by atoms with Crippen LogP contribution in [0.2, 0.25) is 0 Å². The zero-order valence-electron chi connectivity index (χ0n) is 7.30. The molecule has 1 amide bonds. The first-order chi connectivity index (χ1) is 4.67. The van der Waals surface area contributed by atoms with Gasteiger partial charge in [-0.25, -0.2) is 0 Å². The van der Waals surface area contributed by atoms with E-state index in [0.29, 0.717) is 0 Å². The standard InChI is InChI=1S/C7H15NO3/c1-5(9)8-6(2,3)7(4,10)11/h10-11H,1-4H3,(H,8,9). The molecule has 0 aromatic carbocycles. The summed E-state index contributed by atoms with van der Waals surface area (Å²) in [6, 6.07) is 0. The van der Waals surface area contributed by atoms with E-state index in [2.05, 4.69) is 5.32 Å². The van der Waals surface area contributed by atoms with Crippen LogP contribution in [0.25, 0.3) is 0 Å². The summed E-state index contributed by atoms with van der Waals surface area (Å²) in [4.78, 5) is 10.6. The van der Waals surface area contributed by atoms with Crippen molar-refractivity contribution >= 4 is 5.91 Å². The van der Waals surface area contributed by atoms with Gasteiger partial charge in [-0.3, -0.25) is 4.79 Å². The van der Waals surface area contributed by atoms with E-state index in [0.717, 1.165) is 0 Å². The van der Waals surface area contributed by atoms with Gasteiger partial charge in [-0.1, -0.05) is 0 Å². The van der Waals surface area contributed by atoms with Crippen LogP contribution in [0.15, 0.2) is 0 Å². The lowest BCUT2D eigenvalue weighted by Crippen LogP contribution is -2.58. The summed E-state index contributed by atoms with van der Waals surface area (Å²) in [7, 11) is 0. The summed E-state index contributed by atoms with van der Waals surface area (Å²) in [6.45, 7) is 5.62. The van der Waals surface area contributed by atoms with Crippen molar-refractivity contribution in [1.29, 1.82) is 0 Å². The van der Waals surface area contributed by atoms with Gasteiger partial charge in [-0.15, -0.1) is 0 Å².